The van der Waals surface area contributed by atoms with Crippen LogP contribution in [0.3, 0.4) is 0 Å². The van der Waals surface area contributed by atoms with E-state index in [2.05, 4.69) is 34.0 Å². The van der Waals surface area contributed by atoms with Crippen LogP contribution in [0.1, 0.15) is 36.8 Å². The summed E-state index contributed by atoms with van der Waals surface area (Å²) < 4.78 is 21.4. The molecule has 3 heterocycles. The van der Waals surface area contributed by atoms with E-state index in [1.54, 1.807) is 24.5 Å². The Morgan fingerprint density at radius 3 is 2.29 bits per heavy atom. The molecule has 2 aromatic carbocycles. The first-order chi connectivity index (χ1) is 16.6. The van der Waals surface area contributed by atoms with Crippen molar-refractivity contribution < 1.29 is 8.81 Å². The summed E-state index contributed by atoms with van der Waals surface area (Å²) in [4.78, 5) is 8.79. The molecule has 0 saturated heterocycles. The van der Waals surface area contributed by atoms with Gasteiger partial charge in [0.1, 0.15) is 5.82 Å². The molecule has 0 fully saturated rings. The maximum atomic E-state index is 15.6. The Balaban J connectivity index is 1.40. The molecule has 5 nitrogen and oxygen atoms in total. The summed E-state index contributed by atoms with van der Waals surface area (Å²) in [5, 5.41) is 8.25. The minimum atomic E-state index is -0.368. The average molecular weight is 451 g/mol. The van der Waals surface area contributed by atoms with Gasteiger partial charge in [-0.25, -0.2) is 4.39 Å². The molecule has 0 spiro atoms. The molecule has 0 atom stereocenters. The fourth-order valence-corrected chi connectivity index (χ4v) is 3.95. The van der Waals surface area contributed by atoms with E-state index in [1.807, 2.05) is 60.7 Å². The molecule has 5 aromatic rings. The summed E-state index contributed by atoms with van der Waals surface area (Å²) in [5.74, 6) is 0.461. The van der Waals surface area contributed by atoms with E-state index >= 15 is 4.39 Å². The molecule has 0 amide bonds. The number of rotatable bonds is 6. The van der Waals surface area contributed by atoms with Gasteiger partial charge in [-0.05, 0) is 46.9 Å². The number of hydrogen-bond acceptors (Lipinski definition) is 5. The highest BCUT2D eigenvalue weighted by Gasteiger charge is 2.19. The molecule has 0 radical (unpaired) electrons. The lowest BCUT2D eigenvalue weighted by molar-refractivity contribution is 0.513. The molecule has 0 aliphatic heterocycles. The van der Waals surface area contributed by atoms with Crippen LogP contribution < -0.4 is 0 Å². The third-order valence-electron chi connectivity index (χ3n) is 5.68. The van der Waals surface area contributed by atoms with Gasteiger partial charge in [-0.2, -0.15) is 0 Å². The van der Waals surface area contributed by atoms with Crippen LogP contribution in [0.5, 0.6) is 0 Å². The Morgan fingerprint density at radius 1 is 0.765 bits per heavy atom. The smallest absolute Gasteiger partial charge is 0.250 e. The van der Waals surface area contributed by atoms with Gasteiger partial charge in [0, 0.05) is 18.0 Å². The Hall–Kier alpha value is -4.19. The Bertz CT molecular complexity index is 1410. The lowest BCUT2D eigenvalue weighted by Crippen LogP contribution is -1.95. The summed E-state index contributed by atoms with van der Waals surface area (Å²) in [6.45, 7) is 4.20. The van der Waals surface area contributed by atoms with Gasteiger partial charge in [-0.15, -0.1) is 10.2 Å². The van der Waals surface area contributed by atoms with Crippen molar-refractivity contribution in [3.05, 3.63) is 108 Å². The third-order valence-corrected chi connectivity index (χ3v) is 5.68. The predicted molar refractivity (Wildman–Crippen MR) is 129 cm³/mol. The van der Waals surface area contributed by atoms with Crippen molar-refractivity contribution in [2.24, 2.45) is 0 Å². The fourth-order valence-electron chi connectivity index (χ4n) is 3.95. The van der Waals surface area contributed by atoms with Crippen molar-refractivity contribution in [3.63, 3.8) is 0 Å². The second kappa shape index (κ2) is 9.35. The number of benzene rings is 2. The summed E-state index contributed by atoms with van der Waals surface area (Å²) >= 11 is 0. The summed E-state index contributed by atoms with van der Waals surface area (Å²) in [6.07, 6.45) is 3.90. The molecule has 0 unspecified atom stereocenters. The largest absolute Gasteiger partial charge is 0.420 e. The predicted octanol–water partition coefficient (Wildman–Crippen LogP) is 6.71. The first kappa shape index (κ1) is 21.6. The highest BCUT2D eigenvalue weighted by atomic mass is 19.1. The van der Waals surface area contributed by atoms with Crippen molar-refractivity contribution in [1.29, 1.82) is 0 Å². The van der Waals surface area contributed by atoms with Crippen LogP contribution in [0.2, 0.25) is 0 Å². The second-order valence-electron chi connectivity index (χ2n) is 8.35. The second-order valence-corrected chi connectivity index (χ2v) is 8.35. The Morgan fingerprint density at radius 2 is 1.53 bits per heavy atom. The minimum absolute atomic E-state index is 0.162. The Labute approximate surface area is 197 Å². The lowest BCUT2D eigenvalue weighted by Gasteiger charge is -2.14. The SMILES string of the molecule is CC(C)c1ccccc1-c1cccc(-c2nnc(Cc3ccc(-c4ccccn4)nc3)o2)c1F. The summed E-state index contributed by atoms with van der Waals surface area (Å²) in [6, 6.07) is 22.7. The van der Waals surface area contributed by atoms with Crippen LogP contribution in [0.4, 0.5) is 4.39 Å². The lowest BCUT2D eigenvalue weighted by atomic mass is 9.91. The highest BCUT2D eigenvalue weighted by Crippen LogP contribution is 2.34. The van der Waals surface area contributed by atoms with Crippen LogP contribution in [0.25, 0.3) is 34.0 Å². The number of nitrogens with zero attached hydrogens (tertiary/aromatic N) is 4. The van der Waals surface area contributed by atoms with Crippen molar-refractivity contribution in [2.45, 2.75) is 26.2 Å². The Kier molecular flexibility index (Phi) is 5.95. The normalized spacial score (nSPS) is 11.2. The first-order valence-electron chi connectivity index (χ1n) is 11.2. The standard InChI is InChI=1S/C28H23FN4O/c1-18(2)20-8-3-4-9-21(20)22-10-7-11-23(27(22)29)28-33-32-26(34-28)16-19-13-14-25(31-17-19)24-12-5-6-15-30-24/h3-15,17-18H,16H2,1-2H3. The molecule has 5 rings (SSSR count). The molecule has 0 aliphatic carbocycles. The van der Waals surface area contributed by atoms with E-state index in [9.17, 15) is 0 Å². The highest BCUT2D eigenvalue weighted by molar-refractivity contribution is 5.73. The average Bonchev–Trinajstić information content (AvgIpc) is 3.33. The zero-order valence-corrected chi connectivity index (χ0v) is 18.9. The van der Waals surface area contributed by atoms with Gasteiger partial charge in [0.2, 0.25) is 5.89 Å². The van der Waals surface area contributed by atoms with Gasteiger partial charge < -0.3 is 4.42 Å². The molecule has 168 valence electrons. The first-order valence-corrected chi connectivity index (χ1v) is 11.2. The topological polar surface area (TPSA) is 64.7 Å². The molecule has 6 heteroatoms. The van der Waals surface area contributed by atoms with Gasteiger partial charge in [0.05, 0.1) is 23.4 Å². The van der Waals surface area contributed by atoms with Crippen molar-refractivity contribution >= 4 is 0 Å². The number of aromatic nitrogens is 4. The summed E-state index contributed by atoms with van der Waals surface area (Å²) in [5.41, 5.74) is 5.28. The molecular weight excluding hydrogens is 427 g/mol. The maximum Gasteiger partial charge on any atom is 0.250 e. The molecule has 3 aromatic heterocycles. The van der Waals surface area contributed by atoms with Gasteiger partial charge in [-0.1, -0.05) is 62.4 Å². The molecule has 0 aliphatic rings. The van der Waals surface area contributed by atoms with E-state index in [0.717, 1.165) is 28.1 Å². The van der Waals surface area contributed by atoms with E-state index in [1.165, 1.54) is 0 Å². The third kappa shape index (κ3) is 4.35. The molecular formula is C28H23FN4O. The van der Waals surface area contributed by atoms with Crippen LogP contribution in [0.15, 0.2) is 89.6 Å². The van der Waals surface area contributed by atoms with Crippen LogP contribution in [0, 0.1) is 5.82 Å². The maximum absolute atomic E-state index is 15.6. The monoisotopic (exact) mass is 450 g/mol. The van der Waals surface area contributed by atoms with E-state index < -0.39 is 0 Å². The number of hydrogen-bond donors (Lipinski definition) is 0. The van der Waals surface area contributed by atoms with Gasteiger partial charge in [0.25, 0.3) is 5.89 Å². The zero-order chi connectivity index (χ0) is 23.5. The van der Waals surface area contributed by atoms with Crippen LogP contribution >= 0.6 is 0 Å². The summed E-state index contributed by atoms with van der Waals surface area (Å²) in [7, 11) is 0. The van der Waals surface area contributed by atoms with Crippen molar-refractivity contribution in [2.75, 3.05) is 0 Å². The molecule has 34 heavy (non-hydrogen) atoms. The number of pyridine rings is 2. The molecule has 0 bridgehead atoms. The van der Waals surface area contributed by atoms with Crippen molar-refractivity contribution in [1.82, 2.24) is 20.2 Å². The number of halogens is 1. The van der Waals surface area contributed by atoms with E-state index in [-0.39, 0.29) is 17.6 Å². The zero-order valence-electron chi connectivity index (χ0n) is 18.9. The fraction of sp³-hybridized carbons (Fsp3) is 0.143. The van der Waals surface area contributed by atoms with Crippen LogP contribution in [-0.2, 0) is 6.42 Å². The van der Waals surface area contributed by atoms with Gasteiger partial charge in [0.15, 0.2) is 0 Å². The van der Waals surface area contributed by atoms with Crippen LogP contribution in [-0.4, -0.2) is 20.2 Å². The van der Waals surface area contributed by atoms with E-state index in [4.69, 9.17) is 4.42 Å². The minimum Gasteiger partial charge on any atom is -0.420 e. The molecule has 0 saturated carbocycles. The van der Waals surface area contributed by atoms with Gasteiger partial charge >= 0.3 is 0 Å². The van der Waals surface area contributed by atoms with E-state index in [0.29, 0.717) is 23.4 Å². The van der Waals surface area contributed by atoms with Gasteiger partial charge in [-0.3, -0.25) is 9.97 Å². The van der Waals surface area contributed by atoms with Crippen molar-refractivity contribution in [3.8, 4) is 34.0 Å². The molecule has 0 N–H and O–H groups in total. The quantitative estimate of drug-likeness (QED) is 0.287.